The summed E-state index contributed by atoms with van der Waals surface area (Å²) in [7, 11) is -3.53. The molecular weight excluding hydrogens is 296 g/mol. The maximum Gasteiger partial charge on any atom is 0.271 e. The zero-order valence-electron chi connectivity index (χ0n) is 11.1. The zero-order valence-corrected chi connectivity index (χ0v) is 11.9. The van der Waals surface area contributed by atoms with Crippen molar-refractivity contribution < 1.29 is 13.3 Å². The van der Waals surface area contributed by atoms with Crippen molar-refractivity contribution in [3.05, 3.63) is 28.3 Å². The van der Waals surface area contributed by atoms with Gasteiger partial charge in [0.05, 0.1) is 21.2 Å². The van der Waals surface area contributed by atoms with E-state index in [-0.39, 0.29) is 10.8 Å². The van der Waals surface area contributed by atoms with Crippen molar-refractivity contribution in [2.24, 2.45) is 0 Å². The van der Waals surface area contributed by atoms with Gasteiger partial charge >= 0.3 is 0 Å². The molecule has 2 N–H and O–H groups in total. The molecule has 1 fully saturated rings. The van der Waals surface area contributed by atoms with Crippen LogP contribution in [-0.2, 0) is 9.84 Å². The molecule has 21 heavy (non-hydrogen) atoms. The number of piperidine rings is 1. The summed E-state index contributed by atoms with van der Waals surface area (Å²) in [5.41, 5.74) is 0.668. The van der Waals surface area contributed by atoms with Gasteiger partial charge in [0.2, 0.25) is 15.0 Å². The average Bonchev–Trinajstić information content (AvgIpc) is 2.91. The number of aromatic amines is 1. The predicted octanol–water partition coefficient (Wildman–Crippen LogP) is 0.997. The lowest BCUT2D eigenvalue weighted by Crippen LogP contribution is -2.36. The quantitative estimate of drug-likeness (QED) is 0.645. The Bertz CT molecular complexity index is 793. The van der Waals surface area contributed by atoms with Gasteiger partial charge in [-0.3, -0.25) is 10.1 Å². The fourth-order valence-corrected chi connectivity index (χ4v) is 4.14. The maximum absolute atomic E-state index is 12.5. The van der Waals surface area contributed by atoms with Crippen LogP contribution in [0.1, 0.15) is 12.8 Å². The molecule has 2 aromatic rings. The van der Waals surface area contributed by atoms with Crippen molar-refractivity contribution in [1.82, 2.24) is 15.3 Å². The number of benzene rings is 1. The van der Waals surface area contributed by atoms with Gasteiger partial charge in [-0.15, -0.1) is 0 Å². The Labute approximate surface area is 120 Å². The maximum atomic E-state index is 12.5. The van der Waals surface area contributed by atoms with Gasteiger partial charge in [0.1, 0.15) is 0 Å². The summed E-state index contributed by atoms with van der Waals surface area (Å²) in [4.78, 5) is 17.0. The highest BCUT2D eigenvalue weighted by molar-refractivity contribution is 7.91. The Morgan fingerprint density at radius 3 is 2.67 bits per heavy atom. The van der Waals surface area contributed by atoms with E-state index in [9.17, 15) is 18.5 Å². The molecule has 0 bridgehead atoms. The van der Waals surface area contributed by atoms with E-state index in [1.165, 1.54) is 18.2 Å². The first-order chi connectivity index (χ1) is 9.98. The summed E-state index contributed by atoms with van der Waals surface area (Å²) in [6, 6.07) is 4.05. The Morgan fingerprint density at radius 2 is 2.00 bits per heavy atom. The molecule has 0 spiro atoms. The van der Waals surface area contributed by atoms with E-state index in [0.717, 1.165) is 0 Å². The number of H-pyrrole nitrogens is 1. The Kier molecular flexibility index (Phi) is 3.38. The zero-order chi connectivity index (χ0) is 15.0. The second-order valence-corrected chi connectivity index (χ2v) is 7.14. The largest absolute Gasteiger partial charge is 0.329 e. The highest BCUT2D eigenvalue weighted by atomic mass is 32.2. The average molecular weight is 310 g/mol. The summed E-state index contributed by atoms with van der Waals surface area (Å²) in [6.07, 6.45) is 1.08. The van der Waals surface area contributed by atoms with Crippen molar-refractivity contribution in [2.45, 2.75) is 23.2 Å². The highest BCUT2D eigenvalue weighted by Gasteiger charge is 2.31. The summed E-state index contributed by atoms with van der Waals surface area (Å²) in [6.45, 7) is 1.32. The molecule has 0 unspecified atom stereocenters. The molecule has 8 nitrogen and oxygen atoms in total. The molecule has 0 amide bonds. The first-order valence-corrected chi connectivity index (χ1v) is 8.12. The summed E-state index contributed by atoms with van der Waals surface area (Å²) < 4.78 is 25.0. The van der Waals surface area contributed by atoms with Gasteiger partial charge < -0.3 is 10.3 Å². The molecule has 9 heteroatoms. The molecule has 2 heterocycles. The van der Waals surface area contributed by atoms with Crippen LogP contribution in [0, 0.1) is 10.1 Å². The van der Waals surface area contributed by atoms with Gasteiger partial charge in [0, 0.05) is 12.1 Å². The van der Waals surface area contributed by atoms with Crippen LogP contribution in [0.15, 0.2) is 23.4 Å². The van der Waals surface area contributed by atoms with Gasteiger partial charge in [-0.1, -0.05) is 0 Å². The molecule has 1 aromatic heterocycles. The first kappa shape index (κ1) is 14.0. The number of sulfone groups is 1. The van der Waals surface area contributed by atoms with E-state index in [0.29, 0.717) is 37.0 Å². The number of rotatable bonds is 3. The summed E-state index contributed by atoms with van der Waals surface area (Å²) in [5.74, 6) is 0. The third-order valence-corrected chi connectivity index (χ3v) is 5.73. The van der Waals surface area contributed by atoms with Crippen LogP contribution in [0.25, 0.3) is 11.0 Å². The second-order valence-electron chi connectivity index (χ2n) is 4.99. The monoisotopic (exact) mass is 310 g/mol. The fourth-order valence-electron chi connectivity index (χ4n) is 2.49. The van der Waals surface area contributed by atoms with Crippen molar-refractivity contribution >= 4 is 26.6 Å². The van der Waals surface area contributed by atoms with Gasteiger partial charge in [0.15, 0.2) is 0 Å². The summed E-state index contributed by atoms with van der Waals surface area (Å²) in [5, 5.41) is 13.3. The molecule has 3 rings (SSSR count). The van der Waals surface area contributed by atoms with Gasteiger partial charge in [-0.05, 0) is 32.0 Å². The van der Waals surface area contributed by atoms with E-state index < -0.39 is 20.0 Å². The number of nitrogens with zero attached hydrogens (tertiary/aromatic N) is 2. The van der Waals surface area contributed by atoms with Gasteiger partial charge in [0.25, 0.3) is 5.69 Å². The highest BCUT2D eigenvalue weighted by Crippen LogP contribution is 2.24. The lowest BCUT2D eigenvalue weighted by Gasteiger charge is -2.21. The van der Waals surface area contributed by atoms with Crippen molar-refractivity contribution in [2.75, 3.05) is 13.1 Å². The first-order valence-electron chi connectivity index (χ1n) is 6.57. The molecule has 0 atom stereocenters. The molecule has 1 saturated heterocycles. The molecule has 0 aliphatic carbocycles. The van der Waals surface area contributed by atoms with Crippen LogP contribution in [0.4, 0.5) is 5.69 Å². The van der Waals surface area contributed by atoms with E-state index in [4.69, 9.17) is 0 Å². The Morgan fingerprint density at radius 1 is 1.29 bits per heavy atom. The van der Waals surface area contributed by atoms with E-state index in [1.54, 1.807) is 0 Å². The number of non-ortho nitro benzene ring substituents is 1. The minimum Gasteiger partial charge on any atom is -0.329 e. The van der Waals surface area contributed by atoms with Crippen molar-refractivity contribution in [3.8, 4) is 0 Å². The van der Waals surface area contributed by atoms with Crippen LogP contribution in [0.2, 0.25) is 0 Å². The van der Waals surface area contributed by atoms with Crippen LogP contribution >= 0.6 is 0 Å². The molecule has 0 saturated carbocycles. The molecule has 0 radical (unpaired) electrons. The van der Waals surface area contributed by atoms with Crippen LogP contribution in [-0.4, -0.2) is 41.6 Å². The van der Waals surface area contributed by atoms with Crippen molar-refractivity contribution in [3.63, 3.8) is 0 Å². The fraction of sp³-hybridized carbons (Fsp3) is 0.417. The number of imidazole rings is 1. The minimum absolute atomic E-state index is 0.100. The van der Waals surface area contributed by atoms with Crippen LogP contribution in [0.5, 0.6) is 0 Å². The molecule has 1 aliphatic heterocycles. The van der Waals surface area contributed by atoms with Crippen molar-refractivity contribution in [1.29, 1.82) is 0 Å². The number of hydrogen-bond acceptors (Lipinski definition) is 6. The van der Waals surface area contributed by atoms with Gasteiger partial charge in [-0.25, -0.2) is 13.4 Å². The normalized spacial score (nSPS) is 17.1. The van der Waals surface area contributed by atoms with E-state index in [1.807, 2.05) is 0 Å². The standard InChI is InChI=1S/C12H14N4O4S/c17-16(18)8-1-2-10-11(7-8)15-12(14-10)21(19,20)9-3-5-13-6-4-9/h1-2,7,9,13H,3-6H2,(H,14,15). The number of nitro groups is 1. The molecule has 1 aromatic carbocycles. The Balaban J connectivity index is 2.02. The van der Waals surface area contributed by atoms with E-state index >= 15 is 0 Å². The molecule has 1 aliphatic rings. The Hall–Kier alpha value is -2.00. The molecule has 112 valence electrons. The van der Waals surface area contributed by atoms with E-state index in [2.05, 4.69) is 15.3 Å². The number of aromatic nitrogens is 2. The lowest BCUT2D eigenvalue weighted by molar-refractivity contribution is -0.384. The lowest BCUT2D eigenvalue weighted by atomic mass is 10.2. The summed E-state index contributed by atoms with van der Waals surface area (Å²) >= 11 is 0. The smallest absolute Gasteiger partial charge is 0.271 e. The van der Waals surface area contributed by atoms with Gasteiger partial charge in [-0.2, -0.15) is 0 Å². The second kappa shape index (κ2) is 5.08. The number of nitro benzene ring substituents is 1. The third kappa shape index (κ3) is 2.49. The number of nitrogens with one attached hydrogen (secondary N) is 2. The topological polar surface area (TPSA) is 118 Å². The predicted molar refractivity (Wildman–Crippen MR) is 75.8 cm³/mol. The van der Waals surface area contributed by atoms with Crippen LogP contribution in [0.3, 0.4) is 0 Å². The number of hydrogen-bond donors (Lipinski definition) is 2. The minimum atomic E-state index is -3.53. The third-order valence-electron chi connectivity index (χ3n) is 3.65. The number of fused-ring (bicyclic) bond motifs is 1. The van der Waals surface area contributed by atoms with Crippen LogP contribution < -0.4 is 5.32 Å². The SMILES string of the molecule is O=[N+]([O-])c1ccc2nc(S(=O)(=O)C3CCNCC3)[nH]c2c1. The molecular formula is C12H14N4O4S.